The van der Waals surface area contributed by atoms with Gasteiger partial charge in [-0.1, -0.05) is 12.1 Å². The molecular weight excluding hydrogens is 377 g/mol. The largest absolute Gasteiger partial charge is 0.534 e. The van der Waals surface area contributed by atoms with Crippen LogP contribution >= 0.6 is 15.9 Å². The highest BCUT2D eigenvalue weighted by Crippen LogP contribution is 2.37. The second kappa shape index (κ2) is 5.38. The molecule has 9 heteroatoms. The van der Waals surface area contributed by atoms with Gasteiger partial charge in [0.25, 0.3) is 0 Å². The predicted molar refractivity (Wildman–Crippen MR) is 73.8 cm³/mol. The van der Waals surface area contributed by atoms with Crippen LogP contribution in [0.5, 0.6) is 11.5 Å². The molecule has 2 aromatic rings. The van der Waals surface area contributed by atoms with Crippen molar-refractivity contribution in [1.82, 2.24) is 0 Å². The lowest BCUT2D eigenvalue weighted by Crippen LogP contribution is -2.28. The molecule has 0 aliphatic heterocycles. The van der Waals surface area contributed by atoms with Crippen molar-refractivity contribution in [1.29, 1.82) is 0 Å². The van der Waals surface area contributed by atoms with Gasteiger partial charge in [0.1, 0.15) is 5.75 Å². The number of hydrogen-bond donors (Lipinski definition) is 0. The molecule has 0 spiro atoms. The third-order valence-electron chi connectivity index (χ3n) is 2.61. The molecule has 0 bridgehead atoms. The lowest BCUT2D eigenvalue weighted by molar-refractivity contribution is -0.0500. The number of hydrogen-bond acceptors (Lipinski definition) is 4. The van der Waals surface area contributed by atoms with Crippen LogP contribution < -0.4 is 8.92 Å². The van der Waals surface area contributed by atoms with Gasteiger partial charge in [-0.3, -0.25) is 0 Å². The van der Waals surface area contributed by atoms with E-state index in [4.69, 9.17) is 4.74 Å². The number of ether oxygens (including phenoxy) is 1. The van der Waals surface area contributed by atoms with E-state index in [2.05, 4.69) is 20.1 Å². The molecule has 0 N–H and O–H groups in total. The molecule has 0 aliphatic rings. The number of methoxy groups -OCH3 is 1. The van der Waals surface area contributed by atoms with Crippen molar-refractivity contribution in [2.45, 2.75) is 5.51 Å². The summed E-state index contributed by atoms with van der Waals surface area (Å²) in [6.45, 7) is 0. The van der Waals surface area contributed by atoms with Crippen molar-refractivity contribution < 1.29 is 30.5 Å². The SMILES string of the molecule is COc1ccc2ccc(OS(=O)(=O)C(F)(F)F)c(Br)c2c1. The summed E-state index contributed by atoms with van der Waals surface area (Å²) in [7, 11) is -4.28. The number of halogens is 4. The Hall–Kier alpha value is -1.48. The van der Waals surface area contributed by atoms with Gasteiger partial charge >= 0.3 is 15.6 Å². The number of alkyl halides is 3. The fourth-order valence-corrected chi connectivity index (χ4v) is 2.73. The maximum atomic E-state index is 12.3. The maximum Gasteiger partial charge on any atom is 0.534 e. The van der Waals surface area contributed by atoms with Crippen LogP contribution in [0.15, 0.2) is 34.8 Å². The first-order chi connectivity index (χ1) is 9.65. The molecule has 0 fully saturated rings. The van der Waals surface area contributed by atoms with Crippen molar-refractivity contribution >= 4 is 36.8 Å². The molecule has 21 heavy (non-hydrogen) atoms. The Morgan fingerprint density at radius 3 is 2.33 bits per heavy atom. The van der Waals surface area contributed by atoms with E-state index >= 15 is 0 Å². The van der Waals surface area contributed by atoms with Gasteiger partial charge in [-0.2, -0.15) is 21.6 Å². The Balaban J connectivity index is 2.54. The lowest BCUT2D eigenvalue weighted by atomic mass is 10.1. The van der Waals surface area contributed by atoms with Crippen LogP contribution in [0.1, 0.15) is 0 Å². The van der Waals surface area contributed by atoms with Crippen LogP contribution in [0.2, 0.25) is 0 Å². The van der Waals surface area contributed by atoms with Crippen LogP contribution in [0.3, 0.4) is 0 Å². The molecule has 0 unspecified atom stereocenters. The first-order valence-corrected chi connectivity index (χ1v) is 7.63. The van der Waals surface area contributed by atoms with E-state index in [-0.39, 0.29) is 4.47 Å². The molecule has 0 aromatic heterocycles. The van der Waals surface area contributed by atoms with E-state index in [0.717, 1.165) is 6.07 Å². The average Bonchev–Trinajstić information content (AvgIpc) is 2.40. The van der Waals surface area contributed by atoms with Gasteiger partial charge in [-0.15, -0.1) is 0 Å². The summed E-state index contributed by atoms with van der Waals surface area (Å²) < 4.78 is 68.3. The molecule has 0 heterocycles. The zero-order chi connectivity index (χ0) is 15.8. The van der Waals surface area contributed by atoms with Crippen molar-refractivity contribution in [2.24, 2.45) is 0 Å². The van der Waals surface area contributed by atoms with Crippen LogP contribution in [0, 0.1) is 0 Å². The summed E-state index contributed by atoms with van der Waals surface area (Å²) in [6, 6.07) is 7.48. The molecule has 2 aromatic carbocycles. The number of benzene rings is 2. The highest BCUT2D eigenvalue weighted by atomic mass is 79.9. The normalized spacial score (nSPS) is 12.4. The van der Waals surface area contributed by atoms with E-state index in [1.807, 2.05) is 0 Å². The topological polar surface area (TPSA) is 52.6 Å². The molecule has 0 amide bonds. The van der Waals surface area contributed by atoms with Gasteiger partial charge < -0.3 is 8.92 Å². The third kappa shape index (κ3) is 3.08. The van der Waals surface area contributed by atoms with Crippen molar-refractivity contribution in [3.63, 3.8) is 0 Å². The van der Waals surface area contributed by atoms with Crippen molar-refractivity contribution in [2.75, 3.05) is 7.11 Å². The minimum Gasteiger partial charge on any atom is -0.497 e. The van der Waals surface area contributed by atoms with Crippen LogP contribution in [-0.4, -0.2) is 21.0 Å². The maximum absolute atomic E-state index is 12.3. The van der Waals surface area contributed by atoms with E-state index in [9.17, 15) is 21.6 Å². The monoisotopic (exact) mass is 384 g/mol. The molecule has 2 rings (SSSR count). The van der Waals surface area contributed by atoms with E-state index in [0.29, 0.717) is 16.5 Å². The van der Waals surface area contributed by atoms with E-state index in [1.54, 1.807) is 18.2 Å². The molecular formula is C12H8BrF3O4S. The molecule has 114 valence electrons. The summed E-state index contributed by atoms with van der Waals surface area (Å²) in [5.41, 5.74) is -5.49. The van der Waals surface area contributed by atoms with Gasteiger partial charge in [0, 0.05) is 5.39 Å². The van der Waals surface area contributed by atoms with Gasteiger partial charge in [-0.05, 0) is 39.5 Å². The first kappa shape index (κ1) is 15.9. The van der Waals surface area contributed by atoms with Crippen LogP contribution in [-0.2, 0) is 10.1 Å². The Bertz CT molecular complexity index is 787. The smallest absolute Gasteiger partial charge is 0.497 e. The van der Waals surface area contributed by atoms with E-state index < -0.39 is 21.4 Å². The standard InChI is InChI=1S/C12H8BrF3O4S/c1-19-8-4-2-7-3-5-10(11(13)9(7)6-8)20-21(17,18)12(14,15)16/h2-6H,1H3. The Morgan fingerprint density at radius 1 is 1.14 bits per heavy atom. The predicted octanol–water partition coefficient (Wildman–Crippen LogP) is 3.84. The minimum atomic E-state index is -5.72. The fraction of sp³-hybridized carbons (Fsp3) is 0.167. The van der Waals surface area contributed by atoms with Crippen LogP contribution in [0.4, 0.5) is 13.2 Å². The average molecular weight is 385 g/mol. The summed E-state index contributed by atoms with van der Waals surface area (Å²) in [6.07, 6.45) is 0. The summed E-state index contributed by atoms with van der Waals surface area (Å²) in [5, 5.41) is 1.14. The molecule has 0 saturated heterocycles. The highest BCUT2D eigenvalue weighted by Gasteiger charge is 2.48. The highest BCUT2D eigenvalue weighted by molar-refractivity contribution is 9.10. The second-order valence-corrected chi connectivity index (χ2v) is 6.28. The number of rotatable bonds is 3. The molecule has 0 radical (unpaired) electrons. The summed E-state index contributed by atoms with van der Waals surface area (Å²) in [5.74, 6) is 0.0205. The third-order valence-corrected chi connectivity index (χ3v) is 4.39. The molecule has 0 aliphatic carbocycles. The lowest BCUT2D eigenvalue weighted by Gasteiger charge is -2.12. The molecule has 0 atom stereocenters. The second-order valence-electron chi connectivity index (χ2n) is 3.95. The summed E-state index contributed by atoms with van der Waals surface area (Å²) in [4.78, 5) is 0. The molecule has 4 nitrogen and oxygen atoms in total. The van der Waals surface area contributed by atoms with Gasteiger partial charge in [0.2, 0.25) is 0 Å². The zero-order valence-corrected chi connectivity index (χ0v) is 12.8. The summed E-state index contributed by atoms with van der Waals surface area (Å²) >= 11 is 3.05. The van der Waals surface area contributed by atoms with Crippen molar-refractivity contribution in [3.8, 4) is 11.5 Å². The Morgan fingerprint density at radius 2 is 1.76 bits per heavy atom. The van der Waals surface area contributed by atoms with E-state index in [1.165, 1.54) is 13.2 Å². The van der Waals surface area contributed by atoms with Gasteiger partial charge in [0.05, 0.1) is 11.6 Å². The Kier molecular flexibility index (Phi) is 4.07. The zero-order valence-electron chi connectivity index (χ0n) is 10.4. The number of fused-ring (bicyclic) bond motifs is 1. The van der Waals surface area contributed by atoms with Crippen LogP contribution in [0.25, 0.3) is 10.8 Å². The quantitative estimate of drug-likeness (QED) is 0.595. The minimum absolute atomic E-state index is 0.0896. The van der Waals surface area contributed by atoms with Gasteiger partial charge in [0.15, 0.2) is 5.75 Å². The molecule has 0 saturated carbocycles. The Labute approximate surface area is 126 Å². The van der Waals surface area contributed by atoms with Crippen molar-refractivity contribution in [3.05, 3.63) is 34.8 Å². The van der Waals surface area contributed by atoms with Gasteiger partial charge in [-0.25, -0.2) is 0 Å². The fourth-order valence-electron chi connectivity index (χ4n) is 1.60. The first-order valence-electron chi connectivity index (χ1n) is 5.43.